The second kappa shape index (κ2) is 3.57. The van der Waals surface area contributed by atoms with Gasteiger partial charge in [-0.3, -0.25) is 4.98 Å². The number of fused-ring (bicyclic) bond motifs is 1. The van der Waals surface area contributed by atoms with Gasteiger partial charge in [0.1, 0.15) is 5.52 Å². The number of primary amides is 1. The topological polar surface area (TPSA) is 65.2 Å². The van der Waals surface area contributed by atoms with E-state index in [9.17, 15) is 4.79 Å². The van der Waals surface area contributed by atoms with Crippen LogP contribution in [-0.4, -0.2) is 11.1 Å². The first-order valence-electron chi connectivity index (χ1n) is 4.50. The van der Waals surface area contributed by atoms with Crippen LogP contribution in [0.15, 0.2) is 30.5 Å². The Morgan fingerprint density at radius 3 is 2.93 bits per heavy atom. The zero-order valence-corrected chi connectivity index (χ0v) is 8.23. The average Bonchev–Trinajstić information content (AvgIpc) is 2.22. The van der Waals surface area contributed by atoms with Crippen molar-refractivity contribution in [3.05, 3.63) is 36.0 Å². The van der Waals surface area contributed by atoms with E-state index in [1.807, 2.05) is 25.1 Å². The summed E-state index contributed by atoms with van der Waals surface area (Å²) in [6.07, 6.45) is 0.820. The van der Waals surface area contributed by atoms with E-state index in [1.165, 1.54) is 0 Å². The second-order valence-corrected chi connectivity index (χ2v) is 3.20. The molecule has 0 saturated carbocycles. The highest BCUT2D eigenvalue weighted by Gasteiger charge is 2.07. The molecule has 1 heterocycles. The van der Waals surface area contributed by atoms with E-state index < -0.39 is 6.09 Å². The lowest BCUT2D eigenvalue weighted by molar-refractivity contribution is 0.211. The molecule has 0 fully saturated rings. The lowest BCUT2D eigenvalue weighted by Crippen LogP contribution is -2.16. The fraction of sp³-hybridized carbons (Fsp3) is 0.0909. The minimum absolute atomic E-state index is 0.392. The number of hydrogen-bond acceptors (Lipinski definition) is 3. The number of hydrogen-bond donors (Lipinski definition) is 1. The first kappa shape index (κ1) is 9.45. The van der Waals surface area contributed by atoms with Crippen LogP contribution in [0.3, 0.4) is 0 Å². The van der Waals surface area contributed by atoms with Crippen LogP contribution >= 0.6 is 0 Å². The van der Waals surface area contributed by atoms with Gasteiger partial charge in [0.2, 0.25) is 0 Å². The van der Waals surface area contributed by atoms with Gasteiger partial charge in [-0.25, -0.2) is 4.79 Å². The third-order valence-electron chi connectivity index (χ3n) is 2.16. The Morgan fingerprint density at radius 1 is 1.40 bits per heavy atom. The molecule has 0 atom stereocenters. The van der Waals surface area contributed by atoms with Crippen LogP contribution in [0, 0.1) is 6.92 Å². The monoisotopic (exact) mass is 202 g/mol. The minimum atomic E-state index is -0.828. The number of carbonyl (C=O) groups excluding carboxylic acids is 1. The molecule has 76 valence electrons. The molecule has 0 radical (unpaired) electrons. The van der Waals surface area contributed by atoms with Gasteiger partial charge in [0.15, 0.2) is 5.75 Å². The van der Waals surface area contributed by atoms with E-state index in [4.69, 9.17) is 10.5 Å². The van der Waals surface area contributed by atoms with Crippen molar-refractivity contribution in [3.63, 3.8) is 0 Å². The molecule has 1 aromatic carbocycles. The summed E-state index contributed by atoms with van der Waals surface area (Å²) in [5, 5.41) is 0.955. The van der Waals surface area contributed by atoms with Gasteiger partial charge < -0.3 is 10.5 Å². The molecule has 1 amide bonds. The van der Waals surface area contributed by atoms with Crippen LogP contribution in [0.5, 0.6) is 5.75 Å². The summed E-state index contributed by atoms with van der Waals surface area (Å²) in [6, 6.07) is 7.31. The second-order valence-electron chi connectivity index (χ2n) is 3.20. The first-order chi connectivity index (χ1) is 7.18. The number of carbonyl (C=O) groups is 1. The van der Waals surface area contributed by atoms with Crippen molar-refractivity contribution in [1.82, 2.24) is 4.98 Å². The molecule has 0 saturated heterocycles. The van der Waals surface area contributed by atoms with E-state index in [0.29, 0.717) is 11.3 Å². The van der Waals surface area contributed by atoms with Crippen LogP contribution in [-0.2, 0) is 0 Å². The maximum atomic E-state index is 10.7. The van der Waals surface area contributed by atoms with Crippen molar-refractivity contribution in [2.24, 2.45) is 5.73 Å². The molecule has 0 aliphatic carbocycles. The highest BCUT2D eigenvalue weighted by Crippen LogP contribution is 2.25. The molecule has 2 N–H and O–H groups in total. The van der Waals surface area contributed by atoms with Gasteiger partial charge in [-0.1, -0.05) is 12.1 Å². The summed E-state index contributed by atoms with van der Waals surface area (Å²) in [7, 11) is 0. The Morgan fingerprint density at radius 2 is 2.20 bits per heavy atom. The van der Waals surface area contributed by atoms with Gasteiger partial charge in [-0.15, -0.1) is 0 Å². The molecule has 1 aromatic heterocycles. The van der Waals surface area contributed by atoms with Crippen molar-refractivity contribution < 1.29 is 9.53 Å². The number of pyridine rings is 1. The molecule has 4 heteroatoms. The van der Waals surface area contributed by atoms with Gasteiger partial charge >= 0.3 is 6.09 Å². The van der Waals surface area contributed by atoms with Gasteiger partial charge in [-0.2, -0.15) is 0 Å². The normalized spacial score (nSPS) is 10.2. The van der Waals surface area contributed by atoms with E-state index >= 15 is 0 Å². The van der Waals surface area contributed by atoms with Gasteiger partial charge in [0.05, 0.1) is 0 Å². The molecule has 0 bridgehead atoms. The fourth-order valence-corrected chi connectivity index (χ4v) is 1.48. The fourth-order valence-electron chi connectivity index (χ4n) is 1.48. The molecule has 0 aliphatic rings. The Balaban J connectivity index is 2.66. The lowest BCUT2D eigenvalue weighted by atomic mass is 10.1. The summed E-state index contributed by atoms with van der Waals surface area (Å²) in [6.45, 7) is 1.97. The van der Waals surface area contributed by atoms with E-state index in [-0.39, 0.29) is 0 Å². The standard InChI is InChI=1S/C11H10N2O2/c1-7-4-5-9(15-11(12)14)10-8(7)3-2-6-13-10/h2-6H,1H3,(H2,12,14). The van der Waals surface area contributed by atoms with Crippen molar-refractivity contribution in [1.29, 1.82) is 0 Å². The Kier molecular flexibility index (Phi) is 2.25. The van der Waals surface area contributed by atoms with Crippen LogP contribution in [0.4, 0.5) is 4.79 Å². The molecule has 0 unspecified atom stereocenters. The third-order valence-corrected chi connectivity index (χ3v) is 2.16. The number of nitrogens with two attached hydrogens (primary N) is 1. The van der Waals surface area contributed by atoms with Crippen molar-refractivity contribution in [2.45, 2.75) is 6.92 Å². The van der Waals surface area contributed by atoms with E-state index in [2.05, 4.69) is 4.98 Å². The molecule has 0 spiro atoms. The Labute approximate surface area is 86.7 Å². The molecular formula is C11H10N2O2. The number of benzene rings is 1. The number of aromatic nitrogens is 1. The number of ether oxygens (including phenoxy) is 1. The van der Waals surface area contributed by atoms with Crippen LogP contribution < -0.4 is 10.5 Å². The molecule has 2 rings (SSSR count). The summed E-state index contributed by atoms with van der Waals surface area (Å²) in [5.74, 6) is 0.392. The van der Waals surface area contributed by atoms with Gasteiger partial charge in [0, 0.05) is 11.6 Å². The van der Waals surface area contributed by atoms with Crippen molar-refractivity contribution in [3.8, 4) is 5.75 Å². The average molecular weight is 202 g/mol. The van der Waals surface area contributed by atoms with Gasteiger partial charge in [-0.05, 0) is 24.6 Å². The first-order valence-corrected chi connectivity index (χ1v) is 4.50. The van der Waals surface area contributed by atoms with Crippen LogP contribution in [0.1, 0.15) is 5.56 Å². The van der Waals surface area contributed by atoms with Crippen LogP contribution in [0.25, 0.3) is 10.9 Å². The molecule has 4 nitrogen and oxygen atoms in total. The molecule has 2 aromatic rings. The molecular weight excluding hydrogens is 192 g/mol. The van der Waals surface area contributed by atoms with Crippen LogP contribution in [0.2, 0.25) is 0 Å². The van der Waals surface area contributed by atoms with Gasteiger partial charge in [0.25, 0.3) is 0 Å². The third kappa shape index (κ3) is 1.74. The maximum Gasteiger partial charge on any atom is 0.410 e. The van der Waals surface area contributed by atoms with E-state index in [0.717, 1.165) is 10.9 Å². The zero-order chi connectivity index (χ0) is 10.8. The number of aryl methyl sites for hydroxylation is 1. The quantitative estimate of drug-likeness (QED) is 0.769. The summed E-state index contributed by atoms with van der Waals surface area (Å²) < 4.78 is 4.86. The molecule has 15 heavy (non-hydrogen) atoms. The number of nitrogens with zero attached hydrogens (tertiary/aromatic N) is 1. The number of rotatable bonds is 1. The predicted molar refractivity (Wildman–Crippen MR) is 56.7 cm³/mol. The van der Waals surface area contributed by atoms with Crippen molar-refractivity contribution >= 4 is 17.0 Å². The SMILES string of the molecule is Cc1ccc(OC(N)=O)c2ncccc12. The lowest BCUT2D eigenvalue weighted by Gasteiger charge is -2.06. The maximum absolute atomic E-state index is 10.7. The number of amides is 1. The highest BCUT2D eigenvalue weighted by atomic mass is 16.5. The van der Waals surface area contributed by atoms with E-state index in [1.54, 1.807) is 12.3 Å². The highest BCUT2D eigenvalue weighted by molar-refractivity contribution is 5.88. The zero-order valence-electron chi connectivity index (χ0n) is 8.23. The largest absolute Gasteiger partial charge is 0.410 e. The van der Waals surface area contributed by atoms with Crippen molar-refractivity contribution in [2.75, 3.05) is 0 Å². The Bertz CT molecular complexity index is 523. The summed E-state index contributed by atoms with van der Waals surface area (Å²) in [4.78, 5) is 14.8. The minimum Gasteiger partial charge on any atom is -0.408 e. The molecule has 0 aliphatic heterocycles. The Hall–Kier alpha value is -2.10. The predicted octanol–water partition coefficient (Wildman–Crippen LogP) is 2.00. The summed E-state index contributed by atoms with van der Waals surface area (Å²) in [5.41, 5.74) is 6.69. The summed E-state index contributed by atoms with van der Waals surface area (Å²) >= 11 is 0. The smallest absolute Gasteiger partial charge is 0.408 e.